The highest BCUT2D eigenvalue weighted by Crippen LogP contribution is 2.45. The third-order valence-electron chi connectivity index (χ3n) is 18.9. The van der Waals surface area contributed by atoms with Gasteiger partial charge in [-0.05, 0) is 49.4 Å². The molecule has 0 aromatic heterocycles. The van der Waals surface area contributed by atoms with Crippen LogP contribution < -0.4 is 0 Å². The molecule has 0 spiro atoms. The molecule has 0 heterocycles. The first-order valence-electron chi connectivity index (χ1n) is 41.2. The number of hydrogen-bond donors (Lipinski definition) is 3. The summed E-state index contributed by atoms with van der Waals surface area (Å²) in [6.07, 6.45) is 55.8. The molecule has 0 bridgehead atoms. The van der Waals surface area contributed by atoms with E-state index in [4.69, 9.17) is 37.0 Å². The van der Waals surface area contributed by atoms with Crippen LogP contribution in [0.2, 0.25) is 0 Å². The van der Waals surface area contributed by atoms with Crippen LogP contribution in [0.4, 0.5) is 0 Å². The average molecular weight is 1450 g/mol. The third kappa shape index (κ3) is 72.8. The molecule has 3 N–H and O–H groups in total. The van der Waals surface area contributed by atoms with Crippen LogP contribution in [0.1, 0.15) is 409 Å². The lowest BCUT2D eigenvalue weighted by molar-refractivity contribution is -0.161. The molecule has 588 valence electrons. The molecule has 0 saturated carbocycles. The SMILES string of the molecule is CCC(C)CCCCCCCCCCCCCCCCCCCCC(=O)O[C@H](COC(=O)CCCCCCCCCCCCCCCCC(C)C)COP(=O)(O)OCC(O)COP(=O)(O)OC[C@@H](COC(=O)CCCCCCCCCC(C)C)OC(=O)CCCCCCCCCC(C)C. The molecule has 0 amide bonds. The van der Waals surface area contributed by atoms with Gasteiger partial charge in [-0.1, -0.05) is 357 Å². The zero-order valence-electron chi connectivity index (χ0n) is 65.1. The number of carbonyl (C=O) groups excluding carboxylic acids is 4. The Morgan fingerprint density at radius 1 is 0.283 bits per heavy atom. The summed E-state index contributed by atoms with van der Waals surface area (Å²) < 4.78 is 68.6. The number of esters is 4. The Hall–Kier alpha value is -1.94. The zero-order valence-corrected chi connectivity index (χ0v) is 66.9. The number of phosphoric acid groups is 2. The van der Waals surface area contributed by atoms with Gasteiger partial charge in [-0.2, -0.15) is 0 Å². The summed E-state index contributed by atoms with van der Waals surface area (Å²) in [5.41, 5.74) is 0. The van der Waals surface area contributed by atoms with Crippen LogP contribution in [0.5, 0.6) is 0 Å². The lowest BCUT2D eigenvalue weighted by Gasteiger charge is -2.21. The largest absolute Gasteiger partial charge is 0.472 e. The summed E-state index contributed by atoms with van der Waals surface area (Å²) in [6.45, 7) is 14.2. The minimum atomic E-state index is -4.96. The molecule has 0 rings (SSSR count). The quantitative estimate of drug-likeness (QED) is 0.0222. The molecular formula is C80H156O17P2. The summed E-state index contributed by atoms with van der Waals surface area (Å²) in [7, 11) is -9.92. The van der Waals surface area contributed by atoms with Crippen LogP contribution in [0.15, 0.2) is 0 Å². The molecule has 0 saturated heterocycles. The van der Waals surface area contributed by atoms with Gasteiger partial charge in [0.05, 0.1) is 26.4 Å². The molecule has 4 unspecified atom stereocenters. The summed E-state index contributed by atoms with van der Waals surface area (Å²) in [4.78, 5) is 72.9. The van der Waals surface area contributed by atoms with Gasteiger partial charge in [-0.25, -0.2) is 9.13 Å². The predicted molar refractivity (Wildman–Crippen MR) is 404 cm³/mol. The summed E-state index contributed by atoms with van der Waals surface area (Å²) in [5.74, 6) is 0.951. The molecule has 0 fully saturated rings. The van der Waals surface area contributed by atoms with Gasteiger partial charge in [-0.15, -0.1) is 0 Å². The van der Waals surface area contributed by atoms with Crippen molar-refractivity contribution in [2.24, 2.45) is 23.7 Å². The molecule has 0 aromatic carbocycles. The highest BCUT2D eigenvalue weighted by molar-refractivity contribution is 7.47. The monoisotopic (exact) mass is 1450 g/mol. The van der Waals surface area contributed by atoms with Crippen molar-refractivity contribution in [1.29, 1.82) is 0 Å². The summed E-state index contributed by atoms with van der Waals surface area (Å²) in [6, 6.07) is 0. The van der Waals surface area contributed by atoms with Crippen molar-refractivity contribution in [3.8, 4) is 0 Å². The minimum absolute atomic E-state index is 0.102. The van der Waals surface area contributed by atoms with Gasteiger partial charge in [-0.3, -0.25) is 37.3 Å². The molecule has 0 aromatic rings. The number of carbonyl (C=O) groups is 4. The normalized spacial score (nSPS) is 14.3. The van der Waals surface area contributed by atoms with Gasteiger partial charge >= 0.3 is 39.5 Å². The molecule has 0 radical (unpaired) electrons. The number of ether oxygens (including phenoxy) is 4. The number of aliphatic hydroxyl groups excluding tert-OH is 1. The third-order valence-corrected chi connectivity index (χ3v) is 20.8. The Kier molecular flexibility index (Phi) is 67.8. The number of rotatable bonds is 77. The molecule has 0 aliphatic rings. The van der Waals surface area contributed by atoms with Crippen molar-refractivity contribution >= 4 is 39.5 Å². The van der Waals surface area contributed by atoms with Crippen molar-refractivity contribution in [2.75, 3.05) is 39.6 Å². The first kappa shape index (κ1) is 97.1. The lowest BCUT2D eigenvalue weighted by atomic mass is 9.99. The Labute approximate surface area is 607 Å². The van der Waals surface area contributed by atoms with Crippen LogP contribution >= 0.6 is 15.6 Å². The lowest BCUT2D eigenvalue weighted by Crippen LogP contribution is -2.30. The molecular weight excluding hydrogens is 1290 g/mol. The fourth-order valence-electron chi connectivity index (χ4n) is 12.2. The second-order valence-corrected chi connectivity index (χ2v) is 33.4. The van der Waals surface area contributed by atoms with Crippen LogP contribution in [0.25, 0.3) is 0 Å². The van der Waals surface area contributed by atoms with Gasteiger partial charge in [0, 0.05) is 25.7 Å². The fraction of sp³-hybridized carbons (Fsp3) is 0.950. The first-order chi connectivity index (χ1) is 47.6. The molecule has 0 aliphatic carbocycles. The van der Waals surface area contributed by atoms with E-state index in [0.717, 1.165) is 108 Å². The van der Waals surface area contributed by atoms with E-state index >= 15 is 0 Å². The van der Waals surface area contributed by atoms with Crippen LogP contribution in [0, 0.1) is 23.7 Å². The van der Waals surface area contributed by atoms with Crippen molar-refractivity contribution in [3.63, 3.8) is 0 Å². The molecule has 0 aliphatic heterocycles. The highest BCUT2D eigenvalue weighted by atomic mass is 31.2. The Morgan fingerprint density at radius 3 is 0.717 bits per heavy atom. The Bertz CT molecular complexity index is 1940. The van der Waals surface area contributed by atoms with E-state index in [0.29, 0.717) is 37.5 Å². The fourth-order valence-corrected chi connectivity index (χ4v) is 13.8. The van der Waals surface area contributed by atoms with Gasteiger partial charge in [0.2, 0.25) is 0 Å². The molecule has 6 atom stereocenters. The van der Waals surface area contributed by atoms with E-state index in [9.17, 15) is 43.2 Å². The van der Waals surface area contributed by atoms with E-state index in [1.54, 1.807) is 0 Å². The van der Waals surface area contributed by atoms with Crippen LogP contribution in [-0.2, 0) is 65.4 Å². The van der Waals surface area contributed by atoms with Crippen molar-refractivity contribution < 1.29 is 80.2 Å². The second kappa shape index (κ2) is 69.1. The van der Waals surface area contributed by atoms with Crippen molar-refractivity contribution in [2.45, 2.75) is 427 Å². The van der Waals surface area contributed by atoms with E-state index in [2.05, 4.69) is 55.4 Å². The number of phosphoric ester groups is 2. The number of hydrogen-bond acceptors (Lipinski definition) is 15. The standard InChI is InChI=1S/C80H156O17P2/c1-9-73(8)59-51-43-35-27-23-19-14-12-10-11-13-15-21-25-29-37-46-54-62-79(84)96-75(66-90-77(82)60-52-44-36-28-24-20-17-16-18-22-26-32-40-48-56-70(2)3)68-94-98(86,87)92-64-74(81)65-93-99(88,89)95-69-76(97-80(85)63-55-47-39-31-34-42-50-58-72(6)7)67-91-78(83)61-53-45-38-30-33-41-49-57-71(4)5/h70-76,81H,9-69H2,1-8H3,(H,86,87)(H,88,89)/t73?,74?,75-,76-/m1/s1. The number of aliphatic hydroxyl groups is 1. The summed E-state index contributed by atoms with van der Waals surface area (Å²) >= 11 is 0. The topological polar surface area (TPSA) is 237 Å². The van der Waals surface area contributed by atoms with E-state index in [-0.39, 0.29) is 25.7 Å². The Balaban J connectivity index is 5.19. The highest BCUT2D eigenvalue weighted by Gasteiger charge is 2.30. The van der Waals surface area contributed by atoms with Gasteiger partial charge in [0.1, 0.15) is 19.3 Å². The van der Waals surface area contributed by atoms with E-state index in [1.807, 2.05) is 0 Å². The number of unbranched alkanes of at least 4 members (excludes halogenated alkanes) is 42. The maximum absolute atomic E-state index is 13.1. The minimum Gasteiger partial charge on any atom is -0.462 e. The van der Waals surface area contributed by atoms with Gasteiger partial charge in [0.25, 0.3) is 0 Å². The first-order valence-corrected chi connectivity index (χ1v) is 44.2. The molecule has 99 heavy (non-hydrogen) atoms. The van der Waals surface area contributed by atoms with E-state index < -0.39 is 97.5 Å². The van der Waals surface area contributed by atoms with Gasteiger partial charge < -0.3 is 33.8 Å². The average Bonchev–Trinajstić information content (AvgIpc) is 1.03. The maximum Gasteiger partial charge on any atom is 0.472 e. The zero-order chi connectivity index (χ0) is 73.1. The smallest absolute Gasteiger partial charge is 0.462 e. The molecule has 19 heteroatoms. The van der Waals surface area contributed by atoms with Crippen molar-refractivity contribution in [3.05, 3.63) is 0 Å². The predicted octanol–water partition coefficient (Wildman–Crippen LogP) is 23.6. The maximum atomic E-state index is 13.1. The van der Waals surface area contributed by atoms with Gasteiger partial charge in [0.15, 0.2) is 12.2 Å². The Morgan fingerprint density at radius 2 is 0.485 bits per heavy atom. The van der Waals surface area contributed by atoms with Crippen molar-refractivity contribution in [1.82, 2.24) is 0 Å². The van der Waals surface area contributed by atoms with Crippen LogP contribution in [0.3, 0.4) is 0 Å². The summed E-state index contributed by atoms with van der Waals surface area (Å²) in [5, 5.41) is 10.6. The van der Waals surface area contributed by atoms with Crippen LogP contribution in [-0.4, -0.2) is 96.7 Å². The molecule has 17 nitrogen and oxygen atoms in total. The van der Waals surface area contributed by atoms with E-state index in [1.165, 1.54) is 205 Å². The second-order valence-electron chi connectivity index (χ2n) is 30.5.